The van der Waals surface area contributed by atoms with Crippen molar-refractivity contribution in [1.29, 1.82) is 0 Å². The molecule has 1 amide bonds. The van der Waals surface area contributed by atoms with Crippen molar-refractivity contribution in [1.82, 2.24) is 4.90 Å². The second-order valence-corrected chi connectivity index (χ2v) is 8.20. The topological polar surface area (TPSA) is 89.9 Å². The maximum Gasteiger partial charge on any atom is 0.407 e. The van der Waals surface area contributed by atoms with E-state index in [-0.39, 0.29) is 9.79 Å². The maximum absolute atomic E-state index is 13.0. The van der Waals surface area contributed by atoms with Crippen molar-refractivity contribution in [3.05, 3.63) is 48.5 Å². The van der Waals surface area contributed by atoms with Crippen LogP contribution in [-0.4, -0.2) is 57.2 Å². The molecule has 0 radical (unpaired) electrons. The highest BCUT2D eigenvalue weighted by Gasteiger charge is 2.24. The predicted octanol–water partition coefficient (Wildman–Crippen LogP) is 2.75. The lowest BCUT2D eigenvalue weighted by Crippen LogP contribution is -2.48. The van der Waals surface area contributed by atoms with Gasteiger partial charge in [-0.2, -0.15) is 0 Å². The van der Waals surface area contributed by atoms with Gasteiger partial charge >= 0.3 is 6.09 Å². The number of carboxylic acid groups (broad SMARTS) is 1. The third-order valence-electron chi connectivity index (χ3n) is 4.59. The van der Waals surface area contributed by atoms with Crippen LogP contribution in [0.4, 0.5) is 16.2 Å². The first-order valence-electron chi connectivity index (χ1n) is 8.84. The van der Waals surface area contributed by atoms with Gasteiger partial charge in [0.05, 0.1) is 15.5 Å². The molecule has 2 aromatic carbocycles. The minimum absolute atomic E-state index is 0.239. The van der Waals surface area contributed by atoms with Gasteiger partial charge in [0.2, 0.25) is 9.84 Å². The number of piperazine rings is 1. The van der Waals surface area contributed by atoms with E-state index in [1.54, 1.807) is 42.5 Å². The van der Waals surface area contributed by atoms with Gasteiger partial charge in [-0.05, 0) is 37.3 Å². The van der Waals surface area contributed by atoms with Crippen LogP contribution < -0.4 is 10.2 Å². The zero-order chi connectivity index (χ0) is 19.4. The van der Waals surface area contributed by atoms with Gasteiger partial charge in [-0.25, -0.2) is 13.2 Å². The summed E-state index contributed by atoms with van der Waals surface area (Å²) in [4.78, 5) is 15.0. The molecule has 0 unspecified atom stereocenters. The molecule has 0 atom stereocenters. The largest absolute Gasteiger partial charge is 0.465 e. The summed E-state index contributed by atoms with van der Waals surface area (Å²) in [5, 5.41) is 12.2. The minimum Gasteiger partial charge on any atom is -0.465 e. The minimum atomic E-state index is -3.63. The smallest absolute Gasteiger partial charge is 0.407 e. The summed E-state index contributed by atoms with van der Waals surface area (Å²) in [6.45, 7) is 4.50. The number of sulfone groups is 1. The molecule has 0 spiro atoms. The number of carbonyl (C=O) groups is 1. The van der Waals surface area contributed by atoms with Gasteiger partial charge in [-0.1, -0.05) is 18.2 Å². The summed E-state index contributed by atoms with van der Waals surface area (Å²) in [5.41, 5.74) is 1.43. The molecule has 1 saturated heterocycles. The van der Waals surface area contributed by atoms with Crippen molar-refractivity contribution in [3.63, 3.8) is 0 Å². The molecule has 8 heteroatoms. The molecule has 0 aliphatic carbocycles. The summed E-state index contributed by atoms with van der Waals surface area (Å²) < 4.78 is 26.0. The van der Waals surface area contributed by atoms with E-state index in [0.717, 1.165) is 5.69 Å². The number of nitrogens with one attached hydrogen (secondary N) is 1. The van der Waals surface area contributed by atoms with Crippen molar-refractivity contribution < 1.29 is 18.3 Å². The first-order valence-corrected chi connectivity index (χ1v) is 10.3. The van der Waals surface area contributed by atoms with Crippen molar-refractivity contribution >= 4 is 27.3 Å². The lowest BCUT2D eigenvalue weighted by atomic mass is 10.2. The fourth-order valence-corrected chi connectivity index (χ4v) is 4.60. The van der Waals surface area contributed by atoms with Gasteiger partial charge in [-0.15, -0.1) is 0 Å². The molecule has 1 fully saturated rings. The second kappa shape index (κ2) is 7.87. The molecule has 1 aliphatic rings. The molecule has 1 heterocycles. The third-order valence-corrected chi connectivity index (χ3v) is 6.42. The van der Waals surface area contributed by atoms with E-state index < -0.39 is 15.9 Å². The van der Waals surface area contributed by atoms with E-state index in [2.05, 4.69) is 10.2 Å². The number of rotatable bonds is 5. The fraction of sp³-hybridized carbons (Fsp3) is 0.316. The zero-order valence-electron chi connectivity index (χ0n) is 15.1. The predicted molar refractivity (Wildman–Crippen MR) is 104 cm³/mol. The Morgan fingerprint density at radius 3 is 2.33 bits per heavy atom. The van der Waals surface area contributed by atoms with E-state index in [1.165, 1.54) is 4.90 Å². The Morgan fingerprint density at radius 2 is 1.74 bits per heavy atom. The van der Waals surface area contributed by atoms with E-state index in [1.807, 2.05) is 13.0 Å². The molecule has 7 nitrogen and oxygen atoms in total. The van der Waals surface area contributed by atoms with Crippen LogP contribution in [0, 0.1) is 0 Å². The van der Waals surface area contributed by atoms with Gasteiger partial charge in [0.25, 0.3) is 0 Å². The lowest BCUT2D eigenvalue weighted by Gasteiger charge is -2.35. The number of hydrogen-bond acceptors (Lipinski definition) is 5. The van der Waals surface area contributed by atoms with Crippen LogP contribution in [-0.2, 0) is 9.84 Å². The van der Waals surface area contributed by atoms with Crippen molar-refractivity contribution in [2.45, 2.75) is 16.7 Å². The number of benzene rings is 2. The number of amides is 1. The summed E-state index contributed by atoms with van der Waals surface area (Å²) in [6, 6.07) is 13.6. The summed E-state index contributed by atoms with van der Waals surface area (Å²) in [5.74, 6) is 0. The molecule has 2 N–H and O–H groups in total. The molecule has 3 rings (SSSR count). The van der Waals surface area contributed by atoms with E-state index in [9.17, 15) is 13.2 Å². The highest BCUT2D eigenvalue weighted by Crippen LogP contribution is 2.31. The Kier molecular flexibility index (Phi) is 5.55. The van der Waals surface area contributed by atoms with Gasteiger partial charge < -0.3 is 20.2 Å². The lowest BCUT2D eigenvalue weighted by molar-refractivity contribution is 0.142. The van der Waals surface area contributed by atoms with Crippen LogP contribution in [0.5, 0.6) is 0 Å². The van der Waals surface area contributed by atoms with Crippen LogP contribution in [0.25, 0.3) is 0 Å². The number of nitrogens with zero attached hydrogens (tertiary/aromatic N) is 2. The van der Waals surface area contributed by atoms with Crippen LogP contribution in [0.2, 0.25) is 0 Å². The Morgan fingerprint density at radius 1 is 1.07 bits per heavy atom. The average molecular weight is 389 g/mol. The highest BCUT2D eigenvalue weighted by atomic mass is 32.2. The van der Waals surface area contributed by atoms with E-state index in [0.29, 0.717) is 38.4 Å². The molecule has 144 valence electrons. The van der Waals surface area contributed by atoms with Crippen molar-refractivity contribution in [2.24, 2.45) is 0 Å². The maximum atomic E-state index is 13.0. The Bertz CT molecular complexity index is 908. The second-order valence-electron chi connectivity index (χ2n) is 6.28. The highest BCUT2D eigenvalue weighted by molar-refractivity contribution is 7.91. The SMILES string of the molecule is CCNc1cc(N2CCN(C(=O)O)CC2)ccc1S(=O)(=O)c1ccccc1. The molecule has 27 heavy (non-hydrogen) atoms. The van der Waals surface area contributed by atoms with Crippen LogP contribution in [0.15, 0.2) is 58.3 Å². The first-order chi connectivity index (χ1) is 12.9. The third kappa shape index (κ3) is 4.00. The quantitative estimate of drug-likeness (QED) is 0.817. The van der Waals surface area contributed by atoms with E-state index >= 15 is 0 Å². The van der Waals surface area contributed by atoms with Gasteiger partial charge in [0, 0.05) is 38.4 Å². The normalized spacial score (nSPS) is 14.9. The molecule has 1 aliphatic heterocycles. The zero-order valence-corrected chi connectivity index (χ0v) is 15.9. The summed E-state index contributed by atoms with van der Waals surface area (Å²) in [6.07, 6.45) is -0.910. The molecule has 0 aromatic heterocycles. The molecular formula is C19H23N3O4S. The van der Waals surface area contributed by atoms with E-state index in [4.69, 9.17) is 5.11 Å². The van der Waals surface area contributed by atoms with Crippen molar-refractivity contribution in [3.8, 4) is 0 Å². The number of anilines is 2. The summed E-state index contributed by atoms with van der Waals surface area (Å²) in [7, 11) is -3.63. The van der Waals surface area contributed by atoms with Crippen LogP contribution in [0.3, 0.4) is 0 Å². The van der Waals surface area contributed by atoms with Gasteiger partial charge in [0.15, 0.2) is 0 Å². The van der Waals surface area contributed by atoms with Gasteiger partial charge in [0.1, 0.15) is 0 Å². The first kappa shape index (κ1) is 19.0. The molecule has 0 bridgehead atoms. The fourth-order valence-electron chi connectivity index (χ4n) is 3.16. The Labute approximate surface area is 159 Å². The number of hydrogen-bond donors (Lipinski definition) is 2. The van der Waals surface area contributed by atoms with Crippen LogP contribution in [0.1, 0.15) is 6.92 Å². The Balaban J connectivity index is 1.91. The summed E-state index contributed by atoms with van der Waals surface area (Å²) >= 11 is 0. The van der Waals surface area contributed by atoms with Gasteiger partial charge in [-0.3, -0.25) is 0 Å². The molecule has 0 saturated carbocycles. The molecule has 2 aromatic rings. The van der Waals surface area contributed by atoms with Crippen LogP contribution >= 0.6 is 0 Å². The average Bonchev–Trinajstić information content (AvgIpc) is 2.69. The van der Waals surface area contributed by atoms with Crippen molar-refractivity contribution in [2.75, 3.05) is 42.9 Å². The standard InChI is InChI=1S/C19H23N3O4S/c1-2-20-17-14-15(21-10-12-22(13-11-21)19(23)24)8-9-18(17)27(25,26)16-6-4-3-5-7-16/h3-9,14,20H,2,10-13H2,1H3,(H,23,24). The monoisotopic (exact) mass is 389 g/mol. The Hall–Kier alpha value is -2.74. The molecular weight excluding hydrogens is 366 g/mol.